The normalized spacial score (nSPS) is 18.4. The minimum atomic E-state index is -0.242. The Bertz CT molecular complexity index is 1270. The summed E-state index contributed by atoms with van der Waals surface area (Å²) in [5.41, 5.74) is 3.11. The molecular weight excluding hydrogens is 418 g/mol. The number of aryl methyl sites for hydroxylation is 1. The minimum absolute atomic E-state index is 0.0607. The molecule has 8 heteroatoms. The van der Waals surface area contributed by atoms with Crippen molar-refractivity contribution in [2.45, 2.75) is 26.0 Å². The van der Waals surface area contributed by atoms with E-state index in [1.54, 1.807) is 18.6 Å². The van der Waals surface area contributed by atoms with Gasteiger partial charge in [-0.3, -0.25) is 9.78 Å². The Morgan fingerprint density at radius 2 is 1.94 bits per heavy atom. The number of morpholine rings is 1. The van der Waals surface area contributed by atoms with Crippen LogP contribution in [0.15, 0.2) is 67.1 Å². The lowest BCUT2D eigenvalue weighted by Gasteiger charge is -2.38. The smallest absolute Gasteiger partial charge is 0.256 e. The van der Waals surface area contributed by atoms with Gasteiger partial charge >= 0.3 is 0 Å². The summed E-state index contributed by atoms with van der Waals surface area (Å²) in [7, 11) is 0. The highest BCUT2D eigenvalue weighted by Gasteiger charge is 2.32. The molecule has 33 heavy (non-hydrogen) atoms. The number of ether oxygens (including phenoxy) is 2. The van der Waals surface area contributed by atoms with Crippen molar-refractivity contribution in [1.82, 2.24) is 24.9 Å². The maximum absolute atomic E-state index is 13.6. The van der Waals surface area contributed by atoms with E-state index in [-0.39, 0.29) is 18.1 Å². The first-order chi connectivity index (χ1) is 16.1. The van der Waals surface area contributed by atoms with Crippen molar-refractivity contribution >= 4 is 16.8 Å². The molecule has 2 aromatic carbocycles. The average Bonchev–Trinajstić information content (AvgIpc) is 3.38. The summed E-state index contributed by atoms with van der Waals surface area (Å²) >= 11 is 0. The lowest BCUT2D eigenvalue weighted by molar-refractivity contribution is -0.0626. The number of pyridine rings is 1. The molecule has 1 aliphatic heterocycles. The number of carbonyl (C=O) groups excluding carboxylic acids is 1. The number of benzene rings is 2. The molecule has 1 fully saturated rings. The first kappa shape index (κ1) is 21.1. The van der Waals surface area contributed by atoms with E-state index in [1.807, 2.05) is 67.3 Å². The second-order valence-corrected chi connectivity index (χ2v) is 8.24. The van der Waals surface area contributed by atoms with Crippen LogP contribution in [0.1, 0.15) is 22.8 Å². The number of hydrogen-bond donors (Lipinski definition) is 0. The van der Waals surface area contributed by atoms with Crippen LogP contribution in [-0.2, 0) is 4.74 Å². The topological polar surface area (TPSA) is 82.4 Å². The van der Waals surface area contributed by atoms with Crippen molar-refractivity contribution in [3.8, 4) is 11.4 Å². The lowest BCUT2D eigenvalue weighted by Crippen LogP contribution is -2.52. The number of amides is 1. The quantitative estimate of drug-likeness (QED) is 0.470. The van der Waals surface area contributed by atoms with Gasteiger partial charge in [-0.05, 0) is 44.2 Å². The number of nitrogens with zero attached hydrogens (tertiary/aromatic N) is 5. The molecule has 0 unspecified atom stereocenters. The zero-order chi connectivity index (χ0) is 22.8. The van der Waals surface area contributed by atoms with Gasteiger partial charge in [0, 0.05) is 11.6 Å². The maximum atomic E-state index is 13.6. The van der Waals surface area contributed by atoms with Gasteiger partial charge in [0.2, 0.25) is 0 Å². The zero-order valence-electron chi connectivity index (χ0n) is 18.6. The van der Waals surface area contributed by atoms with E-state index in [0.29, 0.717) is 31.0 Å². The van der Waals surface area contributed by atoms with Gasteiger partial charge in [0.25, 0.3) is 5.91 Å². The molecule has 0 bridgehead atoms. The molecule has 0 radical (unpaired) electrons. The second-order valence-electron chi connectivity index (χ2n) is 8.24. The Morgan fingerprint density at radius 3 is 2.79 bits per heavy atom. The third kappa shape index (κ3) is 4.29. The Kier molecular flexibility index (Phi) is 5.75. The first-order valence-electron chi connectivity index (χ1n) is 11.0. The van der Waals surface area contributed by atoms with E-state index in [9.17, 15) is 4.79 Å². The monoisotopic (exact) mass is 443 g/mol. The number of rotatable bonds is 5. The van der Waals surface area contributed by atoms with Crippen LogP contribution in [0.5, 0.6) is 5.75 Å². The molecule has 168 valence electrons. The van der Waals surface area contributed by atoms with Gasteiger partial charge in [-0.15, -0.1) is 0 Å². The van der Waals surface area contributed by atoms with Crippen LogP contribution >= 0.6 is 0 Å². The van der Waals surface area contributed by atoms with E-state index in [4.69, 9.17) is 9.47 Å². The summed E-state index contributed by atoms with van der Waals surface area (Å²) in [6.07, 6.45) is 4.69. The van der Waals surface area contributed by atoms with Crippen LogP contribution in [0.2, 0.25) is 0 Å². The van der Waals surface area contributed by atoms with Crippen molar-refractivity contribution in [2.75, 3.05) is 19.8 Å². The van der Waals surface area contributed by atoms with Crippen LogP contribution < -0.4 is 4.74 Å². The maximum Gasteiger partial charge on any atom is 0.256 e. The van der Waals surface area contributed by atoms with Gasteiger partial charge < -0.3 is 14.4 Å². The second kappa shape index (κ2) is 8.99. The number of para-hydroxylation sites is 1. The number of fused-ring (bicyclic) bond motifs is 1. The molecule has 1 saturated heterocycles. The lowest BCUT2D eigenvalue weighted by atomic mass is 10.1. The molecular formula is C25H25N5O3. The molecule has 2 aromatic heterocycles. The molecule has 5 rings (SSSR count). The van der Waals surface area contributed by atoms with Crippen LogP contribution in [0.4, 0.5) is 0 Å². The number of hydrogen-bond acceptors (Lipinski definition) is 6. The summed E-state index contributed by atoms with van der Waals surface area (Å²) in [5.74, 6) is 0.688. The Labute approximate surface area is 191 Å². The van der Waals surface area contributed by atoms with Gasteiger partial charge in [0.15, 0.2) is 0 Å². The fourth-order valence-corrected chi connectivity index (χ4v) is 4.07. The molecule has 2 atom stereocenters. The van der Waals surface area contributed by atoms with Gasteiger partial charge in [0.1, 0.15) is 18.5 Å². The summed E-state index contributed by atoms with van der Waals surface area (Å²) in [5, 5.41) is 9.37. The molecule has 8 nitrogen and oxygen atoms in total. The third-order valence-electron chi connectivity index (χ3n) is 5.82. The number of aromatic nitrogens is 4. The molecule has 4 aromatic rings. The van der Waals surface area contributed by atoms with Crippen LogP contribution in [0.3, 0.4) is 0 Å². The van der Waals surface area contributed by atoms with Crippen molar-refractivity contribution in [3.05, 3.63) is 78.2 Å². The highest BCUT2D eigenvalue weighted by atomic mass is 16.5. The van der Waals surface area contributed by atoms with E-state index in [1.165, 1.54) is 4.80 Å². The molecule has 1 amide bonds. The molecule has 0 saturated carbocycles. The summed E-state index contributed by atoms with van der Waals surface area (Å²) in [6, 6.07) is 15.4. The predicted molar refractivity (Wildman–Crippen MR) is 124 cm³/mol. The third-order valence-corrected chi connectivity index (χ3v) is 5.82. The Balaban J connectivity index is 1.34. The zero-order valence-corrected chi connectivity index (χ0v) is 18.6. The van der Waals surface area contributed by atoms with E-state index < -0.39 is 0 Å². The Hall–Kier alpha value is -3.78. The van der Waals surface area contributed by atoms with Crippen molar-refractivity contribution in [1.29, 1.82) is 0 Å². The standard InChI is InChI=1S/C25H25N5O3/c1-17-7-8-23(30-27-11-12-28-30)21(13-17)25(31)29-14-19(32-15-18(29)2)16-33-24-9-10-26-22-6-4-3-5-20(22)24/h3-13,18-19H,14-16H2,1-2H3/t18-,19-/m1/s1. The van der Waals surface area contributed by atoms with E-state index in [0.717, 1.165) is 22.2 Å². The molecule has 0 spiro atoms. The Morgan fingerprint density at radius 1 is 1.12 bits per heavy atom. The summed E-state index contributed by atoms with van der Waals surface area (Å²) in [4.78, 5) is 21.3. The van der Waals surface area contributed by atoms with E-state index >= 15 is 0 Å². The van der Waals surface area contributed by atoms with Crippen molar-refractivity contribution in [3.63, 3.8) is 0 Å². The first-order valence-corrected chi connectivity index (χ1v) is 11.0. The van der Waals surface area contributed by atoms with Gasteiger partial charge in [-0.1, -0.05) is 23.8 Å². The van der Waals surface area contributed by atoms with Gasteiger partial charge in [-0.25, -0.2) is 0 Å². The molecule has 0 N–H and O–H groups in total. The average molecular weight is 444 g/mol. The minimum Gasteiger partial charge on any atom is -0.490 e. The van der Waals surface area contributed by atoms with Gasteiger partial charge in [-0.2, -0.15) is 15.0 Å². The molecule has 3 heterocycles. The SMILES string of the molecule is Cc1ccc(-n2nccn2)c(C(=O)N2C[C@H](COc3ccnc4ccccc34)OC[C@H]2C)c1. The predicted octanol–water partition coefficient (Wildman–Crippen LogP) is 3.43. The number of carbonyl (C=O) groups is 1. The van der Waals surface area contributed by atoms with Crippen LogP contribution in [0, 0.1) is 6.92 Å². The van der Waals surface area contributed by atoms with Crippen LogP contribution in [0.25, 0.3) is 16.6 Å². The summed E-state index contributed by atoms with van der Waals surface area (Å²) < 4.78 is 12.1. The van der Waals surface area contributed by atoms with Crippen molar-refractivity contribution < 1.29 is 14.3 Å². The highest BCUT2D eigenvalue weighted by molar-refractivity contribution is 5.98. The van der Waals surface area contributed by atoms with Crippen molar-refractivity contribution in [2.24, 2.45) is 0 Å². The largest absolute Gasteiger partial charge is 0.490 e. The fourth-order valence-electron chi connectivity index (χ4n) is 4.07. The fraction of sp³-hybridized carbons (Fsp3) is 0.280. The van der Waals surface area contributed by atoms with Crippen LogP contribution in [-0.4, -0.2) is 62.7 Å². The van der Waals surface area contributed by atoms with Gasteiger partial charge in [0.05, 0.1) is 48.4 Å². The van der Waals surface area contributed by atoms with E-state index in [2.05, 4.69) is 15.2 Å². The highest BCUT2D eigenvalue weighted by Crippen LogP contribution is 2.25. The molecule has 0 aliphatic carbocycles. The summed E-state index contributed by atoms with van der Waals surface area (Å²) in [6.45, 7) is 5.18. The molecule has 1 aliphatic rings.